The number of anilines is 4. The fourth-order valence-electron chi connectivity index (χ4n) is 11.5. The predicted octanol–water partition coefficient (Wildman–Crippen LogP) is 17.7. The summed E-state index contributed by atoms with van der Waals surface area (Å²) in [6, 6.07) is 12.6. The molecule has 2 aliphatic heterocycles. The Morgan fingerprint density at radius 3 is 2.14 bits per heavy atom. The van der Waals surface area contributed by atoms with Crippen LogP contribution in [0, 0.1) is 22.2 Å². The highest BCUT2D eigenvalue weighted by Gasteiger charge is 2.52. The monoisotopic (exact) mass is 953 g/mol. The Balaban J connectivity index is 1.64. The first kappa shape index (κ1) is 54.1. The molecule has 0 bridgehead atoms. The van der Waals surface area contributed by atoms with Gasteiger partial charge in [0, 0.05) is 40.8 Å². The highest BCUT2D eigenvalue weighted by molar-refractivity contribution is 6.99. The van der Waals surface area contributed by atoms with Crippen molar-refractivity contribution in [1.82, 2.24) is 0 Å². The molecule has 4 aliphatic rings. The molecule has 3 heterocycles. The number of benzene rings is 2. The fraction of sp³-hybridized carbons (Fsp3) is 0.522. The third-order valence-corrected chi connectivity index (χ3v) is 16.6. The largest absolute Gasteiger partial charge is 0.472 e. The molecule has 3 aromatic rings. The zero-order chi connectivity index (χ0) is 52.2. The van der Waals surface area contributed by atoms with Crippen LogP contribution < -0.4 is 26.4 Å². The first-order valence-corrected chi connectivity index (χ1v) is 27.6. The van der Waals surface area contributed by atoms with Crippen LogP contribution in [0.15, 0.2) is 131 Å². The third-order valence-electron chi connectivity index (χ3n) is 16.6. The first-order chi connectivity index (χ1) is 33.0. The van der Waals surface area contributed by atoms with Crippen LogP contribution in [0.1, 0.15) is 205 Å². The van der Waals surface area contributed by atoms with E-state index in [4.69, 9.17) is 4.42 Å². The van der Waals surface area contributed by atoms with Crippen LogP contribution in [-0.2, 0) is 16.2 Å². The summed E-state index contributed by atoms with van der Waals surface area (Å²) in [6.07, 6.45) is 33.6. The molecule has 2 aliphatic carbocycles. The minimum Gasteiger partial charge on any atom is -0.472 e. The van der Waals surface area contributed by atoms with Gasteiger partial charge in [0.1, 0.15) is 5.76 Å². The number of allylic oxidation sites excluding steroid dienone is 13. The summed E-state index contributed by atoms with van der Waals surface area (Å²) in [6.45, 7) is 50.0. The molecule has 2 aromatic carbocycles. The zero-order valence-corrected chi connectivity index (χ0v) is 48.1. The standard InChI is InChI=1S/C67H93BN2O/c1-21-47(22-2)27-26-38-69-55-41-52(63(10,11)12)42-56-58(55)68(61-59(69)57-60(71-61)67(19,20)37-36-66(57,17)18)53-32-31-48(46(6)30-29-45(4)5)40-54(53)70(56)44-50(39-51(23-3)62(7,8)9)49-28-24-25-33-64(13,14)34-35-65(15,16)43-49/h21,23-28,31-33,39-46H,3,22,29-30,34-38H2,1-2,4-20H3/b27-26-,28-24-,33-25-,47-21-,49-43-,50-44-,51-39+. The van der Waals surface area contributed by atoms with E-state index in [9.17, 15) is 0 Å². The van der Waals surface area contributed by atoms with E-state index in [0.717, 1.165) is 50.7 Å². The van der Waals surface area contributed by atoms with Gasteiger partial charge in [-0.2, -0.15) is 0 Å². The van der Waals surface area contributed by atoms with Gasteiger partial charge in [-0.15, -0.1) is 0 Å². The lowest BCUT2D eigenvalue weighted by molar-refractivity contribution is 0.282. The van der Waals surface area contributed by atoms with Gasteiger partial charge in [0.15, 0.2) is 0 Å². The molecule has 7 rings (SSSR count). The Kier molecular flexibility index (Phi) is 15.2. The van der Waals surface area contributed by atoms with Crippen molar-refractivity contribution in [2.24, 2.45) is 22.2 Å². The highest BCUT2D eigenvalue weighted by atomic mass is 16.3. The number of nitrogens with zero attached hydrogens (tertiary/aromatic N) is 2. The second kappa shape index (κ2) is 20.0. The molecule has 0 amide bonds. The Morgan fingerprint density at radius 2 is 1.51 bits per heavy atom. The van der Waals surface area contributed by atoms with Crippen LogP contribution in [-0.4, -0.2) is 13.3 Å². The minimum absolute atomic E-state index is 0.0463. The van der Waals surface area contributed by atoms with Gasteiger partial charge in [0.2, 0.25) is 0 Å². The molecule has 1 unspecified atom stereocenters. The topological polar surface area (TPSA) is 19.6 Å². The van der Waals surface area contributed by atoms with Gasteiger partial charge in [-0.3, -0.25) is 0 Å². The Labute approximate surface area is 434 Å². The third kappa shape index (κ3) is 11.3. The van der Waals surface area contributed by atoms with Crippen LogP contribution in [0.2, 0.25) is 0 Å². The van der Waals surface area contributed by atoms with E-state index in [-0.39, 0.29) is 39.2 Å². The van der Waals surface area contributed by atoms with Gasteiger partial charge >= 0.3 is 0 Å². The number of furan rings is 1. The average Bonchev–Trinajstić information content (AvgIpc) is 3.71. The van der Waals surface area contributed by atoms with Crippen LogP contribution in [0.5, 0.6) is 0 Å². The maximum Gasteiger partial charge on any atom is 0.297 e. The molecular weight excluding hydrogens is 860 g/mol. The van der Waals surface area contributed by atoms with E-state index in [2.05, 4.69) is 245 Å². The van der Waals surface area contributed by atoms with Gasteiger partial charge in [0.25, 0.3) is 6.71 Å². The van der Waals surface area contributed by atoms with Gasteiger partial charge in [-0.25, -0.2) is 0 Å². The van der Waals surface area contributed by atoms with Crippen molar-refractivity contribution >= 4 is 46.0 Å². The van der Waals surface area contributed by atoms with Crippen molar-refractivity contribution in [3.8, 4) is 0 Å². The van der Waals surface area contributed by atoms with Crippen LogP contribution in [0.4, 0.5) is 22.7 Å². The van der Waals surface area contributed by atoms with Gasteiger partial charge < -0.3 is 14.2 Å². The molecule has 0 N–H and O–H groups in total. The van der Waals surface area contributed by atoms with Crippen LogP contribution in [0.25, 0.3) is 0 Å². The van der Waals surface area contributed by atoms with Gasteiger partial charge in [-0.1, -0.05) is 210 Å². The van der Waals surface area contributed by atoms with Gasteiger partial charge in [-0.05, 0) is 147 Å². The van der Waals surface area contributed by atoms with E-state index in [1.54, 1.807) is 0 Å². The molecule has 71 heavy (non-hydrogen) atoms. The summed E-state index contributed by atoms with van der Waals surface area (Å²) in [7, 11) is 0. The summed E-state index contributed by atoms with van der Waals surface area (Å²) in [4.78, 5) is 5.28. The van der Waals surface area contributed by atoms with E-state index >= 15 is 0 Å². The quantitative estimate of drug-likeness (QED) is 0.133. The molecule has 1 atom stereocenters. The van der Waals surface area contributed by atoms with Crippen molar-refractivity contribution in [1.29, 1.82) is 0 Å². The van der Waals surface area contributed by atoms with Crippen molar-refractivity contribution < 1.29 is 4.42 Å². The normalized spacial score (nSPS) is 21.8. The van der Waals surface area contributed by atoms with Crippen LogP contribution in [0.3, 0.4) is 0 Å². The summed E-state index contributed by atoms with van der Waals surface area (Å²) in [5, 5.41) is 0. The molecule has 4 heteroatoms. The maximum absolute atomic E-state index is 7.67. The van der Waals surface area contributed by atoms with E-state index in [1.807, 2.05) is 0 Å². The summed E-state index contributed by atoms with van der Waals surface area (Å²) in [5.41, 5.74) is 17.6. The number of rotatable bonds is 12. The highest BCUT2D eigenvalue weighted by Crippen LogP contribution is 2.53. The molecule has 0 spiro atoms. The number of hydrogen-bond donors (Lipinski definition) is 0. The average molecular weight is 953 g/mol. The molecule has 380 valence electrons. The second-order valence-electron chi connectivity index (χ2n) is 27.1. The SMILES string of the molecule is C=C\C(=C/C(=C/N1c2cc(C(C)CCC(C)C)ccc2B2c3oc4c(c3N(C/C=C\C(=C/C)CC)c3cc(C(C)(C)C)cc1c32)C(C)(C)CCC4(C)C)C1=C\C(C)(C)CCC(C)(C)\C=C/C=C\1)C(C)(C)C. The summed E-state index contributed by atoms with van der Waals surface area (Å²) >= 11 is 0. The summed E-state index contributed by atoms with van der Waals surface area (Å²) < 4.78 is 7.67. The van der Waals surface area contributed by atoms with Crippen molar-refractivity contribution in [2.45, 2.75) is 199 Å². The minimum atomic E-state index is -0.125. The summed E-state index contributed by atoms with van der Waals surface area (Å²) in [5.74, 6) is 2.23. The lowest BCUT2D eigenvalue weighted by Crippen LogP contribution is -2.61. The lowest BCUT2D eigenvalue weighted by atomic mass is 9.35. The molecule has 0 radical (unpaired) electrons. The van der Waals surface area contributed by atoms with Crippen LogP contribution >= 0.6 is 0 Å². The molecular formula is C67H93BN2O. The van der Waals surface area contributed by atoms with Crippen molar-refractivity contribution in [3.63, 3.8) is 0 Å². The fourth-order valence-corrected chi connectivity index (χ4v) is 11.5. The molecule has 1 aromatic heterocycles. The Morgan fingerprint density at radius 1 is 0.831 bits per heavy atom. The molecule has 0 saturated carbocycles. The van der Waals surface area contributed by atoms with Gasteiger partial charge in [0.05, 0.1) is 11.3 Å². The Bertz CT molecular complexity index is 2710. The molecule has 3 nitrogen and oxygen atoms in total. The second-order valence-corrected chi connectivity index (χ2v) is 27.1. The van der Waals surface area contributed by atoms with Crippen molar-refractivity contribution in [3.05, 3.63) is 149 Å². The maximum atomic E-state index is 7.67. The van der Waals surface area contributed by atoms with E-state index < -0.39 is 0 Å². The number of fused-ring (bicyclic) bond motifs is 6. The molecule has 0 saturated heterocycles. The number of hydrogen-bond acceptors (Lipinski definition) is 3. The predicted molar refractivity (Wildman–Crippen MR) is 314 cm³/mol. The van der Waals surface area contributed by atoms with Crippen molar-refractivity contribution in [2.75, 3.05) is 16.3 Å². The smallest absolute Gasteiger partial charge is 0.297 e. The first-order valence-electron chi connectivity index (χ1n) is 27.6. The van der Waals surface area contributed by atoms with E-state index in [1.165, 1.54) is 84.8 Å². The lowest BCUT2D eigenvalue weighted by Gasteiger charge is -2.44. The Hall–Kier alpha value is -4.70. The zero-order valence-electron chi connectivity index (χ0n) is 48.1. The molecule has 0 fully saturated rings. The van der Waals surface area contributed by atoms with E-state index in [0.29, 0.717) is 11.8 Å².